The molecule has 1 atom stereocenters. The number of rotatable bonds is 7. The van der Waals surface area contributed by atoms with Crippen molar-refractivity contribution in [3.63, 3.8) is 0 Å². The van der Waals surface area contributed by atoms with E-state index in [-0.39, 0.29) is 11.8 Å². The molecule has 2 heteroatoms. The summed E-state index contributed by atoms with van der Waals surface area (Å²) in [5.74, 6) is 0.184. The first-order chi connectivity index (χ1) is 11.5. The van der Waals surface area contributed by atoms with Gasteiger partial charge in [0, 0.05) is 28.9 Å². The number of aromatic nitrogens is 1. The van der Waals surface area contributed by atoms with E-state index in [4.69, 9.17) is 0 Å². The van der Waals surface area contributed by atoms with Crippen molar-refractivity contribution >= 4 is 17.9 Å². The van der Waals surface area contributed by atoms with E-state index in [1.165, 1.54) is 11.1 Å². The molecule has 24 heavy (non-hydrogen) atoms. The fourth-order valence-electron chi connectivity index (χ4n) is 3.45. The van der Waals surface area contributed by atoms with Crippen molar-refractivity contribution in [3.8, 4) is 0 Å². The zero-order chi connectivity index (χ0) is 17.9. The fourth-order valence-corrected chi connectivity index (χ4v) is 3.45. The van der Waals surface area contributed by atoms with Gasteiger partial charge in [-0.15, -0.1) is 0 Å². The molecule has 0 saturated heterocycles. The standard InChI is InChI=1S/C22H27NO/c1-7-11-21(24)22-17(6)23(20(9-3)19(22)8-2)16(5)18-13-10-12-15(4)14-18/h8-10,12-14,16H,2-3,7,11H2,1,4-6H3. The SMILES string of the molecule is C=Cc1c(C(=O)CCC)c(C)n(C(C)c2cccc(C)c2)c1C=C. The van der Waals surface area contributed by atoms with Crippen LogP contribution in [0.15, 0.2) is 37.4 Å². The maximum atomic E-state index is 12.6. The van der Waals surface area contributed by atoms with Gasteiger partial charge in [-0.25, -0.2) is 0 Å². The monoisotopic (exact) mass is 321 g/mol. The van der Waals surface area contributed by atoms with Gasteiger partial charge in [-0.3, -0.25) is 4.79 Å². The number of Topliss-reactive ketones (excluding diaryl/α,β-unsaturated/α-hetero) is 1. The summed E-state index contributed by atoms with van der Waals surface area (Å²) in [7, 11) is 0. The number of ketones is 1. The molecule has 0 fully saturated rings. The largest absolute Gasteiger partial charge is 0.337 e. The second-order valence-corrected chi connectivity index (χ2v) is 6.30. The lowest BCUT2D eigenvalue weighted by Gasteiger charge is -2.20. The Morgan fingerprint density at radius 1 is 1.25 bits per heavy atom. The van der Waals surface area contributed by atoms with Crippen LogP contribution >= 0.6 is 0 Å². The number of benzene rings is 1. The Morgan fingerprint density at radius 3 is 2.50 bits per heavy atom. The minimum atomic E-state index is 0.125. The van der Waals surface area contributed by atoms with Crippen LogP contribution in [-0.4, -0.2) is 10.4 Å². The van der Waals surface area contributed by atoms with Crippen LogP contribution in [0.2, 0.25) is 0 Å². The quantitative estimate of drug-likeness (QED) is 0.575. The molecule has 0 aliphatic rings. The molecule has 1 aromatic heterocycles. The minimum absolute atomic E-state index is 0.125. The highest BCUT2D eigenvalue weighted by Gasteiger charge is 2.24. The van der Waals surface area contributed by atoms with E-state index in [2.05, 4.69) is 55.8 Å². The molecule has 1 aromatic carbocycles. The number of nitrogens with zero attached hydrogens (tertiary/aromatic N) is 1. The summed E-state index contributed by atoms with van der Waals surface area (Å²) in [5, 5.41) is 0. The maximum absolute atomic E-state index is 12.6. The van der Waals surface area contributed by atoms with Gasteiger partial charge >= 0.3 is 0 Å². The summed E-state index contributed by atoms with van der Waals surface area (Å²) < 4.78 is 2.21. The normalized spacial score (nSPS) is 12.0. The molecule has 1 unspecified atom stereocenters. The van der Waals surface area contributed by atoms with Crippen molar-refractivity contribution < 1.29 is 4.79 Å². The van der Waals surface area contributed by atoms with E-state index >= 15 is 0 Å². The fraction of sp³-hybridized carbons (Fsp3) is 0.318. The topological polar surface area (TPSA) is 22.0 Å². The predicted molar refractivity (Wildman–Crippen MR) is 104 cm³/mol. The zero-order valence-corrected chi connectivity index (χ0v) is 15.2. The lowest BCUT2D eigenvalue weighted by molar-refractivity contribution is 0.0981. The number of carbonyl (C=O) groups excluding carboxylic acids is 1. The molecule has 0 aliphatic heterocycles. The molecule has 0 bridgehead atoms. The van der Waals surface area contributed by atoms with E-state index in [9.17, 15) is 4.79 Å². The molecule has 1 heterocycles. The van der Waals surface area contributed by atoms with Crippen LogP contribution in [0.4, 0.5) is 0 Å². The van der Waals surface area contributed by atoms with Crippen molar-refractivity contribution in [2.75, 3.05) is 0 Å². The van der Waals surface area contributed by atoms with Crippen molar-refractivity contribution in [2.45, 2.75) is 46.6 Å². The van der Waals surface area contributed by atoms with Crippen molar-refractivity contribution in [2.24, 2.45) is 0 Å². The van der Waals surface area contributed by atoms with Gasteiger partial charge in [0.15, 0.2) is 5.78 Å². The Hall–Kier alpha value is -2.35. The average Bonchev–Trinajstić information content (AvgIpc) is 2.85. The Morgan fingerprint density at radius 2 is 1.96 bits per heavy atom. The lowest BCUT2D eigenvalue weighted by Crippen LogP contribution is -2.11. The van der Waals surface area contributed by atoms with Gasteiger partial charge in [0.1, 0.15) is 0 Å². The van der Waals surface area contributed by atoms with Gasteiger partial charge in [0.25, 0.3) is 0 Å². The molecule has 0 aliphatic carbocycles. The Balaban J connectivity index is 2.67. The lowest BCUT2D eigenvalue weighted by atomic mass is 10.0. The third-order valence-electron chi connectivity index (χ3n) is 4.59. The van der Waals surface area contributed by atoms with Crippen molar-refractivity contribution in [1.29, 1.82) is 0 Å². The first kappa shape index (κ1) is 18.0. The molecule has 0 N–H and O–H groups in total. The number of aryl methyl sites for hydroxylation is 1. The molecule has 0 spiro atoms. The van der Waals surface area contributed by atoms with E-state index in [1.807, 2.05) is 19.9 Å². The Kier molecular flexibility index (Phi) is 5.61. The molecular weight excluding hydrogens is 294 g/mol. The van der Waals surface area contributed by atoms with Crippen LogP contribution in [0.3, 0.4) is 0 Å². The zero-order valence-electron chi connectivity index (χ0n) is 15.2. The van der Waals surface area contributed by atoms with Crippen LogP contribution in [-0.2, 0) is 0 Å². The predicted octanol–water partition coefficient (Wildman–Crippen LogP) is 5.98. The molecule has 2 nitrogen and oxygen atoms in total. The maximum Gasteiger partial charge on any atom is 0.165 e. The first-order valence-electron chi connectivity index (χ1n) is 8.55. The van der Waals surface area contributed by atoms with Crippen molar-refractivity contribution in [1.82, 2.24) is 4.57 Å². The van der Waals surface area contributed by atoms with Crippen LogP contribution in [0.5, 0.6) is 0 Å². The summed E-state index contributed by atoms with van der Waals surface area (Å²) in [4.78, 5) is 12.6. The number of carbonyl (C=O) groups is 1. The highest BCUT2D eigenvalue weighted by Crippen LogP contribution is 2.32. The van der Waals surface area contributed by atoms with E-state index in [1.54, 1.807) is 6.08 Å². The molecule has 126 valence electrons. The molecule has 2 aromatic rings. The molecule has 0 radical (unpaired) electrons. The van der Waals surface area contributed by atoms with Gasteiger partial charge in [0.2, 0.25) is 0 Å². The van der Waals surface area contributed by atoms with Gasteiger partial charge in [-0.05, 0) is 38.8 Å². The smallest absolute Gasteiger partial charge is 0.165 e. The van der Waals surface area contributed by atoms with E-state index in [0.717, 1.165) is 28.9 Å². The minimum Gasteiger partial charge on any atom is -0.337 e. The summed E-state index contributed by atoms with van der Waals surface area (Å²) >= 11 is 0. The van der Waals surface area contributed by atoms with Crippen LogP contribution in [0, 0.1) is 13.8 Å². The third-order valence-corrected chi connectivity index (χ3v) is 4.59. The highest BCUT2D eigenvalue weighted by atomic mass is 16.1. The summed E-state index contributed by atoms with van der Waals surface area (Å²) in [6.07, 6.45) is 5.02. The Labute approximate surface area is 145 Å². The van der Waals surface area contributed by atoms with Crippen LogP contribution in [0.1, 0.15) is 71.2 Å². The number of hydrogen-bond donors (Lipinski definition) is 0. The van der Waals surface area contributed by atoms with Gasteiger partial charge < -0.3 is 4.57 Å². The van der Waals surface area contributed by atoms with Crippen LogP contribution in [0.25, 0.3) is 12.2 Å². The highest BCUT2D eigenvalue weighted by molar-refractivity contribution is 6.02. The average molecular weight is 321 g/mol. The van der Waals surface area contributed by atoms with E-state index < -0.39 is 0 Å². The van der Waals surface area contributed by atoms with E-state index in [0.29, 0.717) is 6.42 Å². The summed E-state index contributed by atoms with van der Waals surface area (Å²) in [6, 6.07) is 8.62. The summed E-state index contributed by atoms with van der Waals surface area (Å²) in [5.41, 5.74) is 6.11. The molecule has 0 amide bonds. The third kappa shape index (κ3) is 3.14. The molecular formula is C22H27NO. The second-order valence-electron chi connectivity index (χ2n) is 6.30. The van der Waals surface area contributed by atoms with Gasteiger partial charge in [-0.2, -0.15) is 0 Å². The van der Waals surface area contributed by atoms with Crippen LogP contribution < -0.4 is 0 Å². The second kappa shape index (κ2) is 7.48. The summed E-state index contributed by atoms with van der Waals surface area (Å²) in [6.45, 7) is 16.2. The first-order valence-corrected chi connectivity index (χ1v) is 8.55. The molecule has 0 saturated carbocycles. The number of hydrogen-bond acceptors (Lipinski definition) is 1. The van der Waals surface area contributed by atoms with Crippen molar-refractivity contribution in [3.05, 3.63) is 71.1 Å². The van der Waals surface area contributed by atoms with Gasteiger partial charge in [-0.1, -0.05) is 56.0 Å². The molecule has 2 rings (SSSR count). The van der Waals surface area contributed by atoms with Gasteiger partial charge in [0.05, 0.1) is 6.04 Å². The Bertz CT molecular complexity index is 780.